The topological polar surface area (TPSA) is 39.4 Å². The Balaban J connectivity index is 0.00000469. The molecule has 58 heavy (non-hydrogen) atoms. The summed E-state index contributed by atoms with van der Waals surface area (Å²) < 4.78 is 9.26. The first-order valence-corrected chi connectivity index (χ1v) is 21.2. The van der Waals surface area contributed by atoms with Crippen LogP contribution in [0.15, 0.2) is 108 Å². The van der Waals surface area contributed by atoms with Crippen molar-refractivity contribution in [2.45, 2.75) is 97.4 Å². The molecule has 0 aliphatic carbocycles. The number of ether oxygens (including phenoxy) is 1. The molecule has 4 heterocycles. The van der Waals surface area contributed by atoms with Crippen molar-refractivity contribution >= 4 is 38.6 Å². The predicted octanol–water partition coefficient (Wildman–Crippen LogP) is 13.1. The quantitative estimate of drug-likeness (QED) is 0.156. The van der Waals surface area contributed by atoms with Crippen LogP contribution in [-0.4, -0.2) is 26.4 Å². The van der Waals surface area contributed by atoms with Crippen molar-refractivity contribution in [2.24, 2.45) is 4.99 Å². The molecule has 0 fully saturated rings. The van der Waals surface area contributed by atoms with Crippen LogP contribution in [0.3, 0.4) is 0 Å². The Hall–Kier alpha value is -4.44. The maximum absolute atomic E-state index is 6.93. The minimum absolute atomic E-state index is 0. The smallest absolute Gasteiger partial charge is 0.503 e. The summed E-state index contributed by atoms with van der Waals surface area (Å²) in [7, 11) is 0. The molecule has 0 unspecified atom stereocenters. The van der Waals surface area contributed by atoms with Crippen LogP contribution in [0.25, 0.3) is 27.6 Å². The molecular weight excluding hydrogens is 910 g/mol. The molecular formula is C52H51N3OPtS. The molecule has 7 aromatic rings. The summed E-state index contributed by atoms with van der Waals surface area (Å²) in [6.45, 7) is 22.6. The summed E-state index contributed by atoms with van der Waals surface area (Å²) in [5.74, 6) is 3.39. The van der Waals surface area contributed by atoms with Gasteiger partial charge in [-0.1, -0.05) is 153 Å². The number of nitrogens with zero attached hydrogens (tertiary/aromatic N) is 3. The SMILES string of the molecule is Cc1cnc2c(c1)C(C)(C)c1cc(C(C)(C)C)cc3c4cc(C)c(Oc5[c-]c(C6=N[C@H](C(c7ccccc7)c7ccccc7)CS6)cc(C(C)(C)C)c5)[c-]c4n-2c13.[Pt+2]. The molecule has 0 spiro atoms. The van der Waals surface area contributed by atoms with Crippen LogP contribution in [-0.2, 0) is 37.3 Å². The molecule has 0 radical (unpaired) electrons. The van der Waals surface area contributed by atoms with Crippen molar-refractivity contribution in [3.05, 3.63) is 165 Å². The van der Waals surface area contributed by atoms with Gasteiger partial charge in [-0.15, -0.1) is 34.2 Å². The number of pyridine rings is 1. The van der Waals surface area contributed by atoms with Gasteiger partial charge in [-0.05, 0) is 57.0 Å². The predicted molar refractivity (Wildman–Crippen MR) is 239 cm³/mol. The van der Waals surface area contributed by atoms with Crippen LogP contribution in [0.4, 0.5) is 0 Å². The van der Waals surface area contributed by atoms with Crippen LogP contribution in [0.2, 0.25) is 0 Å². The first-order chi connectivity index (χ1) is 27.1. The molecule has 1 atom stereocenters. The third-order valence-electron chi connectivity index (χ3n) is 12.0. The van der Waals surface area contributed by atoms with Crippen LogP contribution < -0.4 is 4.74 Å². The maximum atomic E-state index is 6.93. The number of aliphatic imine (C=N–C) groups is 1. The van der Waals surface area contributed by atoms with Crippen molar-refractivity contribution < 1.29 is 25.8 Å². The number of aromatic nitrogens is 2. The summed E-state index contributed by atoms with van der Waals surface area (Å²) in [6.07, 6.45) is 1.98. The molecule has 4 nitrogen and oxygen atoms in total. The summed E-state index contributed by atoms with van der Waals surface area (Å²) in [6, 6.07) is 43.0. The van der Waals surface area contributed by atoms with E-state index in [-0.39, 0.29) is 49.3 Å². The molecule has 0 N–H and O–H groups in total. The molecule has 9 rings (SSSR count). The fraction of sp³-hybridized carbons (Fsp3) is 0.308. The van der Waals surface area contributed by atoms with Gasteiger partial charge in [0.2, 0.25) is 0 Å². The summed E-state index contributed by atoms with van der Waals surface area (Å²) >= 11 is 1.82. The summed E-state index contributed by atoms with van der Waals surface area (Å²) in [5.41, 5.74) is 12.6. The molecule has 0 bridgehead atoms. The van der Waals surface area contributed by atoms with Crippen molar-refractivity contribution in [1.82, 2.24) is 9.55 Å². The Labute approximate surface area is 362 Å². The second kappa shape index (κ2) is 14.7. The van der Waals surface area contributed by atoms with Crippen LogP contribution in [0, 0.1) is 26.0 Å². The van der Waals surface area contributed by atoms with Crippen molar-refractivity contribution in [1.29, 1.82) is 0 Å². The zero-order chi connectivity index (χ0) is 40.0. The van der Waals surface area contributed by atoms with E-state index in [0.29, 0.717) is 11.5 Å². The fourth-order valence-corrected chi connectivity index (χ4v) is 9.76. The van der Waals surface area contributed by atoms with Crippen LogP contribution in [0.5, 0.6) is 11.5 Å². The molecule has 2 aliphatic rings. The average molecular weight is 961 g/mol. The van der Waals surface area contributed by atoms with Gasteiger partial charge in [0, 0.05) is 50.9 Å². The molecule has 296 valence electrons. The Morgan fingerprint density at radius 2 is 1.41 bits per heavy atom. The number of aryl methyl sites for hydroxylation is 2. The van der Waals surface area contributed by atoms with Crippen LogP contribution in [0.1, 0.15) is 111 Å². The van der Waals surface area contributed by atoms with E-state index in [9.17, 15) is 0 Å². The van der Waals surface area contributed by atoms with Gasteiger partial charge in [-0.25, -0.2) is 4.98 Å². The van der Waals surface area contributed by atoms with Crippen molar-refractivity contribution in [2.75, 3.05) is 5.75 Å². The van der Waals surface area contributed by atoms with Gasteiger partial charge in [0.05, 0.1) is 6.04 Å². The van der Waals surface area contributed by atoms with Gasteiger partial charge in [0.25, 0.3) is 0 Å². The minimum Gasteiger partial charge on any atom is -0.503 e. The van der Waals surface area contributed by atoms with Gasteiger partial charge in [-0.3, -0.25) is 0 Å². The Bertz CT molecular complexity index is 2700. The first kappa shape index (κ1) is 40.3. The Morgan fingerprint density at radius 3 is 2.05 bits per heavy atom. The molecule has 5 aromatic carbocycles. The van der Waals surface area contributed by atoms with E-state index in [1.54, 1.807) is 0 Å². The molecule has 2 aromatic heterocycles. The van der Waals surface area contributed by atoms with E-state index in [1.165, 1.54) is 44.3 Å². The maximum Gasteiger partial charge on any atom is 2.00 e. The van der Waals surface area contributed by atoms with Gasteiger partial charge in [0.1, 0.15) is 5.82 Å². The number of thioether (sulfide) groups is 1. The molecule has 2 aliphatic heterocycles. The van der Waals surface area contributed by atoms with E-state index in [4.69, 9.17) is 14.7 Å². The van der Waals surface area contributed by atoms with E-state index in [1.807, 2.05) is 18.0 Å². The zero-order valence-corrected chi connectivity index (χ0v) is 38.2. The number of hydrogen-bond acceptors (Lipinski definition) is 4. The van der Waals surface area contributed by atoms with E-state index in [2.05, 4.69) is 183 Å². The van der Waals surface area contributed by atoms with E-state index < -0.39 is 0 Å². The van der Waals surface area contributed by atoms with E-state index in [0.717, 1.165) is 44.2 Å². The van der Waals surface area contributed by atoms with E-state index >= 15 is 0 Å². The summed E-state index contributed by atoms with van der Waals surface area (Å²) in [4.78, 5) is 10.5. The third kappa shape index (κ3) is 6.96. The van der Waals surface area contributed by atoms with Gasteiger partial charge in [0.15, 0.2) is 0 Å². The standard InChI is InChI=1S/C52H51N3OS.Pt/c1-31-21-42-48(53-29-31)55-44-28-45(32(2)22-39(44)40-26-37(51(6,7)8)27-41(47(40)55)52(42,9)10)56-38-24-35(23-36(25-38)50(3,4)5)49-54-43(30-57-49)46(33-17-13-11-14-18-33)34-19-15-12-16-20-34;/h11-23,25-27,29,43,46H,30H2,1-10H3;/q-2;+2/t43-;/m0./s1. The number of benzene rings is 5. The zero-order valence-electron chi connectivity index (χ0n) is 35.2. The fourth-order valence-electron chi connectivity index (χ4n) is 8.69. The monoisotopic (exact) mass is 960 g/mol. The third-order valence-corrected chi connectivity index (χ3v) is 13.1. The van der Waals surface area contributed by atoms with Crippen LogP contribution >= 0.6 is 11.8 Å². The number of rotatable bonds is 6. The van der Waals surface area contributed by atoms with Gasteiger partial charge < -0.3 is 14.3 Å². The minimum atomic E-state index is -0.229. The summed E-state index contributed by atoms with van der Waals surface area (Å²) in [5, 5.41) is 3.41. The van der Waals surface area contributed by atoms with Gasteiger partial charge in [-0.2, -0.15) is 17.8 Å². The molecule has 0 amide bonds. The second-order valence-corrected chi connectivity index (χ2v) is 19.7. The average Bonchev–Trinajstić information content (AvgIpc) is 3.78. The molecule has 0 saturated heterocycles. The Kier molecular flexibility index (Phi) is 10.2. The van der Waals surface area contributed by atoms with Crippen molar-refractivity contribution in [3.8, 4) is 17.3 Å². The van der Waals surface area contributed by atoms with Crippen molar-refractivity contribution in [3.63, 3.8) is 0 Å². The molecule has 6 heteroatoms. The second-order valence-electron chi connectivity index (χ2n) is 18.7. The largest absolute Gasteiger partial charge is 2.00 e. The molecule has 0 saturated carbocycles. The Morgan fingerprint density at radius 1 is 0.776 bits per heavy atom. The number of hydrogen-bond donors (Lipinski definition) is 0. The first-order valence-electron chi connectivity index (χ1n) is 20.2. The van der Waals surface area contributed by atoms with Gasteiger partial charge >= 0.3 is 21.1 Å². The normalized spacial score (nSPS) is 16.1. The number of fused-ring (bicyclic) bond motifs is 5.